The van der Waals surface area contributed by atoms with Gasteiger partial charge in [0.05, 0.1) is 12.7 Å². The molecule has 1 aliphatic rings. The molecule has 0 fully saturated rings. The zero-order valence-corrected chi connectivity index (χ0v) is 14.4. The SMILES string of the molecule is C=CCC(C)Nc1ncc2c(n1)N(C(C)C)CC(F)(F)C(=O)N2C. The molecule has 2 heterocycles. The van der Waals surface area contributed by atoms with Crippen molar-refractivity contribution in [2.24, 2.45) is 0 Å². The Morgan fingerprint density at radius 1 is 1.46 bits per heavy atom. The maximum atomic E-state index is 14.2. The Kier molecular flexibility index (Phi) is 5.05. The van der Waals surface area contributed by atoms with Gasteiger partial charge in [-0.1, -0.05) is 6.08 Å². The monoisotopic (exact) mass is 339 g/mol. The minimum atomic E-state index is -3.48. The van der Waals surface area contributed by atoms with Gasteiger partial charge < -0.3 is 15.1 Å². The number of nitrogens with zero attached hydrogens (tertiary/aromatic N) is 4. The molecule has 6 nitrogen and oxygen atoms in total. The highest BCUT2D eigenvalue weighted by Crippen LogP contribution is 2.36. The predicted octanol–water partition coefficient (Wildman–Crippen LogP) is 2.68. The summed E-state index contributed by atoms with van der Waals surface area (Å²) in [4.78, 5) is 22.9. The highest BCUT2D eigenvalue weighted by atomic mass is 19.3. The van der Waals surface area contributed by atoms with E-state index >= 15 is 0 Å². The molecule has 1 aromatic rings. The summed E-state index contributed by atoms with van der Waals surface area (Å²) in [5, 5.41) is 3.11. The van der Waals surface area contributed by atoms with Crippen LogP contribution in [0.1, 0.15) is 27.2 Å². The first-order chi connectivity index (χ1) is 11.2. The summed E-state index contributed by atoms with van der Waals surface area (Å²) in [6, 6.07) is -0.193. The average molecular weight is 339 g/mol. The van der Waals surface area contributed by atoms with Crippen LogP contribution in [0.3, 0.4) is 0 Å². The van der Waals surface area contributed by atoms with Gasteiger partial charge in [-0.25, -0.2) is 4.98 Å². The van der Waals surface area contributed by atoms with E-state index in [1.165, 1.54) is 18.1 Å². The second kappa shape index (κ2) is 6.70. The molecule has 0 aliphatic carbocycles. The topological polar surface area (TPSA) is 61.4 Å². The lowest BCUT2D eigenvalue weighted by Gasteiger charge is -2.29. The molecule has 132 valence electrons. The second-order valence-corrected chi connectivity index (χ2v) is 6.26. The molecule has 24 heavy (non-hydrogen) atoms. The van der Waals surface area contributed by atoms with Crippen molar-refractivity contribution in [3.8, 4) is 0 Å². The summed E-state index contributed by atoms with van der Waals surface area (Å²) in [6.07, 6.45) is 3.89. The molecule has 1 amide bonds. The number of hydrogen-bond donors (Lipinski definition) is 1. The largest absolute Gasteiger partial charge is 0.351 e. The number of alkyl halides is 2. The summed E-state index contributed by atoms with van der Waals surface area (Å²) in [6.45, 7) is 8.48. The highest BCUT2D eigenvalue weighted by Gasteiger charge is 2.47. The van der Waals surface area contributed by atoms with Crippen LogP contribution >= 0.6 is 0 Å². The van der Waals surface area contributed by atoms with Crippen LogP contribution < -0.4 is 15.1 Å². The molecule has 8 heteroatoms. The van der Waals surface area contributed by atoms with E-state index in [4.69, 9.17) is 0 Å². The third kappa shape index (κ3) is 3.47. The molecular weight excluding hydrogens is 316 g/mol. The van der Waals surface area contributed by atoms with Gasteiger partial charge in [0.1, 0.15) is 5.69 Å². The summed E-state index contributed by atoms with van der Waals surface area (Å²) in [5.41, 5.74) is 0.271. The Morgan fingerprint density at radius 2 is 2.12 bits per heavy atom. The van der Waals surface area contributed by atoms with Crippen LogP contribution in [-0.2, 0) is 4.79 Å². The van der Waals surface area contributed by atoms with Crippen LogP contribution in [0.5, 0.6) is 0 Å². The molecule has 0 saturated carbocycles. The fraction of sp³-hybridized carbons (Fsp3) is 0.562. The minimum absolute atomic E-state index is 0.0552. The van der Waals surface area contributed by atoms with Crippen LogP contribution in [0.2, 0.25) is 0 Å². The van der Waals surface area contributed by atoms with Crippen molar-refractivity contribution < 1.29 is 13.6 Å². The standard InChI is InChI=1S/C16H23F2N5O/c1-6-7-11(4)20-15-19-8-12-13(21-15)23(10(2)3)9-16(17,18)14(24)22(12)5/h6,8,10-11H,1,7,9H2,2-5H3,(H,19,20,21). The molecule has 1 N–H and O–H groups in total. The van der Waals surface area contributed by atoms with Crippen LogP contribution in [0.4, 0.5) is 26.2 Å². The minimum Gasteiger partial charge on any atom is -0.351 e. The van der Waals surface area contributed by atoms with E-state index in [0.29, 0.717) is 18.2 Å². The molecule has 1 aromatic heterocycles. The van der Waals surface area contributed by atoms with E-state index in [1.54, 1.807) is 19.9 Å². The van der Waals surface area contributed by atoms with E-state index in [1.807, 2.05) is 6.92 Å². The molecule has 0 aromatic carbocycles. The van der Waals surface area contributed by atoms with Gasteiger partial charge in [0, 0.05) is 19.1 Å². The van der Waals surface area contributed by atoms with Gasteiger partial charge >= 0.3 is 5.92 Å². The van der Waals surface area contributed by atoms with Gasteiger partial charge in [0.15, 0.2) is 5.82 Å². The Bertz CT molecular complexity index is 635. The molecule has 1 aliphatic heterocycles. The van der Waals surface area contributed by atoms with Crippen molar-refractivity contribution in [1.29, 1.82) is 0 Å². The first-order valence-corrected chi connectivity index (χ1v) is 7.84. The summed E-state index contributed by atoms with van der Waals surface area (Å²) < 4.78 is 28.4. The lowest BCUT2D eigenvalue weighted by Crippen LogP contribution is -2.47. The van der Waals surface area contributed by atoms with Crippen molar-refractivity contribution in [2.75, 3.05) is 28.7 Å². The number of halogens is 2. The van der Waals surface area contributed by atoms with Gasteiger partial charge in [-0.3, -0.25) is 4.79 Å². The van der Waals surface area contributed by atoms with E-state index in [2.05, 4.69) is 21.9 Å². The molecule has 2 rings (SSSR count). The van der Waals surface area contributed by atoms with E-state index in [-0.39, 0.29) is 17.8 Å². The number of amides is 1. The quantitative estimate of drug-likeness (QED) is 0.836. The van der Waals surface area contributed by atoms with Crippen molar-refractivity contribution >= 4 is 23.4 Å². The third-order valence-electron chi connectivity index (χ3n) is 3.89. The molecular formula is C16H23F2N5O. The first kappa shape index (κ1) is 18.1. The van der Waals surface area contributed by atoms with Crippen molar-refractivity contribution in [3.63, 3.8) is 0 Å². The van der Waals surface area contributed by atoms with E-state index in [9.17, 15) is 13.6 Å². The van der Waals surface area contributed by atoms with Crippen LogP contribution in [0.25, 0.3) is 0 Å². The average Bonchev–Trinajstić information content (AvgIpc) is 2.57. The predicted molar refractivity (Wildman–Crippen MR) is 90.8 cm³/mol. The number of carbonyl (C=O) groups excluding carboxylic acids is 1. The number of anilines is 3. The normalized spacial score (nSPS) is 18.2. The van der Waals surface area contributed by atoms with Crippen LogP contribution in [0, 0.1) is 0 Å². The number of nitrogens with one attached hydrogen (secondary N) is 1. The highest BCUT2D eigenvalue weighted by molar-refractivity contribution is 6.01. The zero-order valence-electron chi connectivity index (χ0n) is 14.4. The van der Waals surface area contributed by atoms with Gasteiger partial charge in [-0.2, -0.15) is 13.8 Å². The first-order valence-electron chi connectivity index (χ1n) is 7.84. The van der Waals surface area contributed by atoms with Crippen molar-refractivity contribution in [2.45, 2.75) is 45.2 Å². The lowest BCUT2D eigenvalue weighted by molar-refractivity contribution is -0.140. The number of fused-ring (bicyclic) bond motifs is 1. The van der Waals surface area contributed by atoms with Crippen molar-refractivity contribution in [1.82, 2.24) is 9.97 Å². The Hall–Kier alpha value is -2.25. The Labute approximate surface area is 140 Å². The van der Waals surface area contributed by atoms with E-state index in [0.717, 1.165) is 4.90 Å². The van der Waals surface area contributed by atoms with E-state index < -0.39 is 18.4 Å². The van der Waals surface area contributed by atoms with Crippen LogP contribution in [0.15, 0.2) is 18.9 Å². The maximum absolute atomic E-state index is 14.2. The second-order valence-electron chi connectivity index (χ2n) is 6.26. The Balaban J connectivity index is 2.47. The molecule has 0 radical (unpaired) electrons. The van der Waals surface area contributed by atoms with Crippen LogP contribution in [-0.4, -0.2) is 47.5 Å². The fourth-order valence-electron chi connectivity index (χ4n) is 2.55. The number of carbonyl (C=O) groups is 1. The molecule has 0 saturated heterocycles. The molecule has 1 unspecified atom stereocenters. The fourth-order valence-corrected chi connectivity index (χ4v) is 2.55. The van der Waals surface area contributed by atoms with Gasteiger partial charge in [0.2, 0.25) is 5.95 Å². The number of aromatic nitrogens is 2. The Morgan fingerprint density at radius 3 is 2.71 bits per heavy atom. The summed E-state index contributed by atoms with van der Waals surface area (Å²) in [5.74, 6) is -4.08. The molecule has 0 spiro atoms. The number of hydrogen-bond acceptors (Lipinski definition) is 5. The summed E-state index contributed by atoms with van der Waals surface area (Å²) >= 11 is 0. The van der Waals surface area contributed by atoms with Gasteiger partial charge in [0.25, 0.3) is 5.91 Å². The summed E-state index contributed by atoms with van der Waals surface area (Å²) in [7, 11) is 1.32. The maximum Gasteiger partial charge on any atom is 0.342 e. The van der Waals surface area contributed by atoms with Crippen molar-refractivity contribution in [3.05, 3.63) is 18.9 Å². The number of rotatable bonds is 5. The van der Waals surface area contributed by atoms with Gasteiger partial charge in [-0.05, 0) is 27.2 Å². The zero-order chi connectivity index (χ0) is 18.1. The smallest absolute Gasteiger partial charge is 0.342 e. The van der Waals surface area contributed by atoms with Gasteiger partial charge in [-0.15, -0.1) is 6.58 Å². The lowest BCUT2D eigenvalue weighted by atomic mass is 10.2. The molecule has 1 atom stereocenters. The molecule has 0 bridgehead atoms. The third-order valence-corrected chi connectivity index (χ3v) is 3.89.